The fourth-order valence-corrected chi connectivity index (χ4v) is 2.50. The van der Waals surface area contributed by atoms with Gasteiger partial charge < -0.3 is 4.74 Å². The molecule has 134 valence electrons. The highest BCUT2D eigenvalue weighted by molar-refractivity contribution is 5.59. The van der Waals surface area contributed by atoms with Crippen molar-refractivity contribution in [2.24, 2.45) is 0 Å². The van der Waals surface area contributed by atoms with Gasteiger partial charge in [-0.2, -0.15) is 18.3 Å². The number of nitrogens with zero attached hydrogens (tertiary/aromatic N) is 2. The highest BCUT2D eigenvalue weighted by Crippen LogP contribution is 2.29. The number of hydrogen-bond donors (Lipinski definition) is 0. The van der Waals surface area contributed by atoms with Gasteiger partial charge in [-0.05, 0) is 48.0 Å². The van der Waals surface area contributed by atoms with Crippen LogP contribution in [0.2, 0.25) is 0 Å². The normalized spacial score (nSPS) is 11.4. The number of halogens is 3. The minimum absolute atomic E-state index is 0.0489. The number of benzene rings is 2. The summed E-state index contributed by atoms with van der Waals surface area (Å²) in [7, 11) is 1.56. The third-order valence-corrected chi connectivity index (χ3v) is 3.84. The Morgan fingerprint density at radius 3 is 2.42 bits per heavy atom. The van der Waals surface area contributed by atoms with Gasteiger partial charge in [-0.1, -0.05) is 12.1 Å². The van der Waals surface area contributed by atoms with Crippen LogP contribution in [0.15, 0.2) is 65.5 Å². The van der Waals surface area contributed by atoms with Gasteiger partial charge in [0.15, 0.2) is 0 Å². The molecule has 0 aliphatic heterocycles. The van der Waals surface area contributed by atoms with E-state index in [9.17, 15) is 18.0 Å². The van der Waals surface area contributed by atoms with Gasteiger partial charge in [-0.3, -0.25) is 4.79 Å². The van der Waals surface area contributed by atoms with Crippen LogP contribution in [0, 0.1) is 0 Å². The first-order valence-electron chi connectivity index (χ1n) is 7.75. The van der Waals surface area contributed by atoms with Gasteiger partial charge in [0, 0.05) is 11.6 Å². The zero-order chi connectivity index (χ0) is 18.7. The van der Waals surface area contributed by atoms with E-state index in [1.165, 1.54) is 18.2 Å². The van der Waals surface area contributed by atoms with Crippen LogP contribution >= 0.6 is 0 Å². The highest BCUT2D eigenvalue weighted by Gasteiger charge is 2.30. The summed E-state index contributed by atoms with van der Waals surface area (Å²) in [4.78, 5) is 12.0. The summed E-state index contributed by atoms with van der Waals surface area (Å²) in [5.74, 6) is 0.686. The number of ether oxygens (including phenoxy) is 1. The van der Waals surface area contributed by atoms with E-state index in [1.807, 2.05) is 0 Å². The van der Waals surface area contributed by atoms with Crippen LogP contribution in [-0.2, 0) is 12.7 Å². The number of rotatable bonds is 4. The van der Waals surface area contributed by atoms with Crippen molar-refractivity contribution >= 4 is 0 Å². The summed E-state index contributed by atoms with van der Waals surface area (Å²) in [5.41, 5.74) is 0.512. The van der Waals surface area contributed by atoms with Crippen LogP contribution in [-0.4, -0.2) is 16.9 Å². The van der Waals surface area contributed by atoms with Crippen molar-refractivity contribution in [1.82, 2.24) is 9.78 Å². The maximum atomic E-state index is 12.8. The van der Waals surface area contributed by atoms with Gasteiger partial charge in [0.05, 0.1) is 24.9 Å². The third-order valence-electron chi connectivity index (χ3n) is 3.84. The molecule has 4 nitrogen and oxygen atoms in total. The second-order valence-electron chi connectivity index (χ2n) is 5.64. The molecule has 0 atom stereocenters. The molecule has 0 amide bonds. The molecule has 3 rings (SSSR count). The molecule has 26 heavy (non-hydrogen) atoms. The molecule has 0 spiro atoms. The van der Waals surface area contributed by atoms with Crippen molar-refractivity contribution in [3.8, 4) is 17.0 Å². The van der Waals surface area contributed by atoms with Gasteiger partial charge in [-0.25, -0.2) is 4.68 Å². The van der Waals surface area contributed by atoms with Crippen molar-refractivity contribution in [2.45, 2.75) is 12.7 Å². The Morgan fingerprint density at radius 1 is 1.04 bits per heavy atom. The van der Waals surface area contributed by atoms with E-state index in [1.54, 1.807) is 37.4 Å². The van der Waals surface area contributed by atoms with E-state index in [0.29, 0.717) is 17.0 Å². The number of alkyl halides is 3. The van der Waals surface area contributed by atoms with Crippen LogP contribution in [0.25, 0.3) is 11.3 Å². The number of hydrogen-bond acceptors (Lipinski definition) is 3. The van der Waals surface area contributed by atoms with Gasteiger partial charge in [0.1, 0.15) is 5.75 Å². The first-order chi connectivity index (χ1) is 12.4. The van der Waals surface area contributed by atoms with Gasteiger partial charge >= 0.3 is 6.18 Å². The molecule has 7 heteroatoms. The summed E-state index contributed by atoms with van der Waals surface area (Å²) in [6.45, 7) is -0.0489. The first kappa shape index (κ1) is 17.7. The molecule has 0 N–H and O–H groups in total. The Balaban J connectivity index is 1.92. The van der Waals surface area contributed by atoms with Gasteiger partial charge in [-0.15, -0.1) is 0 Å². The molecule has 1 aromatic heterocycles. The molecule has 0 unspecified atom stereocenters. The second-order valence-corrected chi connectivity index (χ2v) is 5.64. The lowest BCUT2D eigenvalue weighted by Gasteiger charge is -2.10. The average molecular weight is 360 g/mol. The minimum Gasteiger partial charge on any atom is -0.497 e. The van der Waals surface area contributed by atoms with Crippen LogP contribution < -0.4 is 10.3 Å². The van der Waals surface area contributed by atoms with Gasteiger partial charge in [0.25, 0.3) is 5.56 Å². The summed E-state index contributed by atoms with van der Waals surface area (Å²) in [5, 5.41) is 4.27. The quantitative estimate of drug-likeness (QED) is 0.707. The van der Waals surface area contributed by atoms with Gasteiger partial charge in [0.2, 0.25) is 0 Å². The summed E-state index contributed by atoms with van der Waals surface area (Å²) in [6.07, 6.45) is -4.43. The summed E-state index contributed by atoms with van der Waals surface area (Å²) in [6, 6.07) is 14.9. The third kappa shape index (κ3) is 3.93. The van der Waals surface area contributed by atoms with E-state index < -0.39 is 11.7 Å². The molecule has 3 aromatic rings. The molecular formula is C19H15F3N2O2. The maximum Gasteiger partial charge on any atom is 0.416 e. The molecule has 1 heterocycles. The van der Waals surface area contributed by atoms with Crippen molar-refractivity contribution in [3.05, 3.63) is 82.1 Å². The minimum atomic E-state index is -4.43. The lowest BCUT2D eigenvalue weighted by atomic mass is 10.1. The predicted octanol–water partition coefficient (Wildman–Crippen LogP) is 3.99. The number of methoxy groups -OCH3 is 1. The Morgan fingerprint density at radius 2 is 1.77 bits per heavy atom. The molecule has 2 aromatic carbocycles. The largest absolute Gasteiger partial charge is 0.497 e. The monoisotopic (exact) mass is 360 g/mol. The van der Waals surface area contributed by atoms with Crippen LogP contribution in [0.5, 0.6) is 5.75 Å². The zero-order valence-corrected chi connectivity index (χ0v) is 13.8. The maximum absolute atomic E-state index is 12.8. The van der Waals surface area contributed by atoms with Crippen LogP contribution in [0.1, 0.15) is 11.1 Å². The predicted molar refractivity (Wildman–Crippen MR) is 91.0 cm³/mol. The Kier molecular flexibility index (Phi) is 4.79. The van der Waals surface area contributed by atoms with Crippen molar-refractivity contribution in [2.75, 3.05) is 7.11 Å². The standard InChI is InChI=1S/C19H15F3N2O2/c1-26-16-7-5-14(6-8-16)17-9-10-18(25)24(23-17)12-13-3-2-4-15(11-13)19(20,21)22/h2-11H,12H2,1H3. The van der Waals surface area contributed by atoms with E-state index in [2.05, 4.69) is 5.10 Å². The smallest absolute Gasteiger partial charge is 0.416 e. The van der Waals surface area contributed by atoms with E-state index in [4.69, 9.17) is 4.74 Å². The van der Waals surface area contributed by atoms with Crippen molar-refractivity contribution in [3.63, 3.8) is 0 Å². The number of aromatic nitrogens is 2. The van der Waals surface area contributed by atoms with Crippen LogP contribution in [0.4, 0.5) is 13.2 Å². The lowest BCUT2D eigenvalue weighted by molar-refractivity contribution is -0.137. The van der Waals surface area contributed by atoms with E-state index in [0.717, 1.165) is 22.4 Å². The molecule has 0 fully saturated rings. The summed E-state index contributed by atoms with van der Waals surface area (Å²) >= 11 is 0. The fraction of sp³-hybridized carbons (Fsp3) is 0.158. The SMILES string of the molecule is COc1ccc(-c2ccc(=O)n(Cc3cccc(C(F)(F)F)c3)n2)cc1. The lowest BCUT2D eigenvalue weighted by Crippen LogP contribution is -2.23. The fourth-order valence-electron chi connectivity index (χ4n) is 2.50. The van der Waals surface area contributed by atoms with Crippen LogP contribution in [0.3, 0.4) is 0 Å². The second kappa shape index (κ2) is 7.03. The van der Waals surface area contributed by atoms with Crippen molar-refractivity contribution in [1.29, 1.82) is 0 Å². The van der Waals surface area contributed by atoms with Crippen molar-refractivity contribution < 1.29 is 17.9 Å². The molecule has 0 aliphatic carbocycles. The Hall–Kier alpha value is -3.09. The zero-order valence-electron chi connectivity index (χ0n) is 13.8. The highest BCUT2D eigenvalue weighted by atomic mass is 19.4. The molecule has 0 aliphatic rings. The summed E-state index contributed by atoms with van der Waals surface area (Å²) < 4.78 is 44.8. The Labute approximate surface area is 147 Å². The van der Waals surface area contributed by atoms with E-state index >= 15 is 0 Å². The topological polar surface area (TPSA) is 44.1 Å². The molecule has 0 saturated heterocycles. The first-order valence-corrected chi connectivity index (χ1v) is 7.75. The van der Waals surface area contributed by atoms with E-state index in [-0.39, 0.29) is 12.1 Å². The average Bonchev–Trinajstić information content (AvgIpc) is 2.63. The molecular weight excluding hydrogens is 345 g/mol. The Bertz CT molecular complexity index is 964. The molecule has 0 radical (unpaired) electrons. The molecule has 0 saturated carbocycles. The molecule has 0 bridgehead atoms.